The number of amidine groups is 1. The van der Waals surface area contributed by atoms with E-state index in [-0.39, 0.29) is 5.56 Å². The maximum atomic E-state index is 12.6. The first-order valence-corrected chi connectivity index (χ1v) is 10.0. The number of halogens is 1. The Morgan fingerprint density at radius 3 is 2.88 bits per heavy atom. The third kappa shape index (κ3) is 4.23. The van der Waals surface area contributed by atoms with Crippen LogP contribution < -0.4 is 11.3 Å². The van der Waals surface area contributed by atoms with Crippen molar-refractivity contribution < 1.29 is 0 Å². The summed E-state index contributed by atoms with van der Waals surface area (Å²) in [5, 5.41) is 3.73. The lowest BCUT2D eigenvalue weighted by Crippen LogP contribution is -2.13. The molecule has 2 aromatic heterocycles. The van der Waals surface area contributed by atoms with E-state index < -0.39 is 0 Å². The predicted molar refractivity (Wildman–Crippen MR) is 109 cm³/mol. The summed E-state index contributed by atoms with van der Waals surface area (Å²) in [6.07, 6.45) is 0.949. The number of aliphatic imine (C=N–C) groups is 1. The first kappa shape index (κ1) is 18.0. The number of nitrogens with one attached hydrogen (secondary N) is 1. The zero-order valence-corrected chi connectivity index (χ0v) is 16.0. The van der Waals surface area contributed by atoms with Gasteiger partial charge >= 0.3 is 0 Å². The molecule has 0 bridgehead atoms. The lowest BCUT2D eigenvalue weighted by molar-refractivity contribution is 0.933. The fraction of sp³-hybridized carbons (Fsp3) is 0.235. The monoisotopic (exact) mass is 392 g/mol. The van der Waals surface area contributed by atoms with Gasteiger partial charge in [-0.05, 0) is 24.1 Å². The van der Waals surface area contributed by atoms with Crippen molar-refractivity contribution in [3.8, 4) is 11.1 Å². The Morgan fingerprint density at radius 1 is 1.40 bits per heavy atom. The van der Waals surface area contributed by atoms with Crippen molar-refractivity contribution in [3.05, 3.63) is 50.8 Å². The minimum absolute atomic E-state index is 0.143. The standard InChI is InChI=1S/C17H17ClN4OS2/c1-2-7-20-17(19)25-9-13-21-15(23)14-12(8-24-16(14)22-13)10-3-5-11(18)6-4-10/h3-6,8H,2,7,9H2,1H3,(H2,19,20)(H,21,22,23). The fourth-order valence-corrected chi connectivity index (χ4v) is 4.01. The molecule has 130 valence electrons. The largest absolute Gasteiger partial charge is 0.379 e. The molecule has 5 nitrogen and oxygen atoms in total. The van der Waals surface area contributed by atoms with Crippen LogP contribution in [0.15, 0.2) is 39.4 Å². The Hall–Kier alpha value is -1.83. The van der Waals surface area contributed by atoms with Crippen molar-refractivity contribution in [1.82, 2.24) is 9.97 Å². The van der Waals surface area contributed by atoms with Crippen molar-refractivity contribution >= 4 is 50.1 Å². The first-order chi connectivity index (χ1) is 12.1. The van der Waals surface area contributed by atoms with Crippen molar-refractivity contribution in [2.45, 2.75) is 19.1 Å². The number of H-pyrrole nitrogens is 1. The Balaban J connectivity index is 1.89. The van der Waals surface area contributed by atoms with Gasteiger partial charge in [0.1, 0.15) is 10.7 Å². The number of nitrogens with zero attached hydrogens (tertiary/aromatic N) is 2. The van der Waals surface area contributed by atoms with Gasteiger partial charge in [-0.2, -0.15) is 0 Å². The van der Waals surface area contributed by atoms with E-state index in [0.717, 1.165) is 17.5 Å². The predicted octanol–water partition coefficient (Wildman–Crippen LogP) is 4.26. The molecule has 0 fully saturated rings. The van der Waals surface area contributed by atoms with Crippen molar-refractivity contribution in [2.75, 3.05) is 6.54 Å². The Kier molecular flexibility index (Phi) is 5.78. The van der Waals surface area contributed by atoms with Gasteiger partial charge in [0.05, 0.1) is 11.1 Å². The molecule has 0 saturated heterocycles. The van der Waals surface area contributed by atoms with Gasteiger partial charge in [0.2, 0.25) is 0 Å². The molecule has 0 atom stereocenters. The van der Waals surface area contributed by atoms with Gasteiger partial charge in [-0.3, -0.25) is 9.79 Å². The van der Waals surface area contributed by atoms with E-state index in [0.29, 0.717) is 38.5 Å². The number of fused-ring (bicyclic) bond motifs is 1. The summed E-state index contributed by atoms with van der Waals surface area (Å²) in [7, 11) is 0. The van der Waals surface area contributed by atoms with E-state index in [1.165, 1.54) is 23.1 Å². The Bertz CT molecular complexity index is 963. The van der Waals surface area contributed by atoms with Crippen molar-refractivity contribution in [1.29, 1.82) is 0 Å². The number of hydrogen-bond acceptors (Lipinski definition) is 5. The number of nitrogens with two attached hydrogens (primary N) is 1. The van der Waals surface area contributed by atoms with Gasteiger partial charge in [0.15, 0.2) is 5.17 Å². The Morgan fingerprint density at radius 2 is 2.16 bits per heavy atom. The molecular formula is C17H17ClN4OS2. The Labute approximate surface area is 158 Å². The van der Waals surface area contributed by atoms with Crippen molar-refractivity contribution in [3.63, 3.8) is 0 Å². The normalized spacial score (nSPS) is 12.0. The van der Waals surface area contributed by atoms with E-state index in [4.69, 9.17) is 17.3 Å². The number of aromatic amines is 1. The summed E-state index contributed by atoms with van der Waals surface area (Å²) in [5.41, 5.74) is 7.51. The van der Waals surface area contributed by atoms with Crippen LogP contribution >= 0.6 is 34.7 Å². The minimum atomic E-state index is -0.143. The van der Waals surface area contributed by atoms with Gasteiger partial charge in [0, 0.05) is 22.5 Å². The van der Waals surface area contributed by atoms with E-state index in [1.807, 2.05) is 36.6 Å². The molecule has 0 aliphatic rings. The molecule has 3 N–H and O–H groups in total. The van der Waals surface area contributed by atoms with E-state index >= 15 is 0 Å². The van der Waals surface area contributed by atoms with Crippen LogP contribution in [0.5, 0.6) is 0 Å². The third-order valence-electron chi connectivity index (χ3n) is 3.50. The highest BCUT2D eigenvalue weighted by atomic mass is 35.5. The molecule has 1 aromatic carbocycles. The second-order valence-electron chi connectivity index (χ2n) is 5.36. The van der Waals surface area contributed by atoms with Crippen LogP contribution in [0.1, 0.15) is 19.2 Å². The minimum Gasteiger partial charge on any atom is -0.379 e. The highest BCUT2D eigenvalue weighted by molar-refractivity contribution is 8.13. The number of thioether (sulfide) groups is 1. The van der Waals surface area contributed by atoms with Crippen LogP contribution in [0, 0.1) is 0 Å². The summed E-state index contributed by atoms with van der Waals surface area (Å²) in [6.45, 7) is 2.75. The zero-order valence-electron chi connectivity index (χ0n) is 13.6. The molecule has 8 heteroatoms. The van der Waals surface area contributed by atoms with E-state index in [9.17, 15) is 4.79 Å². The molecule has 0 saturated carbocycles. The van der Waals surface area contributed by atoms with Gasteiger partial charge < -0.3 is 10.7 Å². The third-order valence-corrected chi connectivity index (χ3v) is 5.46. The van der Waals surface area contributed by atoms with Crippen LogP contribution in [-0.2, 0) is 5.75 Å². The van der Waals surface area contributed by atoms with Crippen LogP contribution in [-0.4, -0.2) is 21.7 Å². The second kappa shape index (κ2) is 8.03. The molecule has 25 heavy (non-hydrogen) atoms. The van der Waals surface area contributed by atoms with Crippen LogP contribution in [0.2, 0.25) is 5.02 Å². The van der Waals surface area contributed by atoms with Gasteiger partial charge in [-0.15, -0.1) is 11.3 Å². The zero-order chi connectivity index (χ0) is 17.8. The lowest BCUT2D eigenvalue weighted by atomic mass is 10.1. The maximum Gasteiger partial charge on any atom is 0.260 e. The molecule has 0 aliphatic heterocycles. The number of aromatic nitrogens is 2. The molecular weight excluding hydrogens is 376 g/mol. The van der Waals surface area contributed by atoms with Crippen LogP contribution in [0.25, 0.3) is 21.3 Å². The number of benzene rings is 1. The van der Waals surface area contributed by atoms with Crippen molar-refractivity contribution in [2.24, 2.45) is 10.7 Å². The van der Waals surface area contributed by atoms with Crippen LogP contribution in [0.3, 0.4) is 0 Å². The molecule has 2 heterocycles. The number of rotatable bonds is 5. The van der Waals surface area contributed by atoms with E-state index in [1.54, 1.807) is 0 Å². The summed E-state index contributed by atoms with van der Waals surface area (Å²) in [5.74, 6) is 1.08. The topological polar surface area (TPSA) is 84.1 Å². The summed E-state index contributed by atoms with van der Waals surface area (Å²) in [6, 6.07) is 7.42. The number of hydrogen-bond donors (Lipinski definition) is 2. The molecule has 0 radical (unpaired) electrons. The van der Waals surface area contributed by atoms with E-state index in [2.05, 4.69) is 15.0 Å². The van der Waals surface area contributed by atoms with Gasteiger partial charge in [-0.25, -0.2) is 4.98 Å². The molecule has 3 aromatic rings. The van der Waals surface area contributed by atoms with Crippen LogP contribution in [0.4, 0.5) is 0 Å². The maximum absolute atomic E-state index is 12.6. The average molecular weight is 393 g/mol. The smallest absolute Gasteiger partial charge is 0.260 e. The molecule has 3 rings (SSSR count). The quantitative estimate of drug-likeness (QED) is 0.501. The summed E-state index contributed by atoms with van der Waals surface area (Å²) in [4.78, 5) is 24.9. The molecule has 0 spiro atoms. The second-order valence-corrected chi connectivity index (χ2v) is 7.65. The highest BCUT2D eigenvalue weighted by Gasteiger charge is 2.13. The molecule has 0 unspecified atom stereocenters. The first-order valence-electron chi connectivity index (χ1n) is 7.77. The summed E-state index contributed by atoms with van der Waals surface area (Å²) >= 11 is 8.77. The van der Waals surface area contributed by atoms with Gasteiger partial charge in [0.25, 0.3) is 5.56 Å². The SMILES string of the molecule is CCCN=C(N)SCc1nc2scc(-c3ccc(Cl)cc3)c2c(=O)[nH]1. The fourth-order valence-electron chi connectivity index (χ4n) is 2.31. The number of thiophene rings is 1. The average Bonchev–Trinajstić information content (AvgIpc) is 3.03. The molecule has 0 aliphatic carbocycles. The highest BCUT2D eigenvalue weighted by Crippen LogP contribution is 2.31. The van der Waals surface area contributed by atoms with Gasteiger partial charge in [-0.1, -0.05) is 42.4 Å². The lowest BCUT2D eigenvalue weighted by Gasteiger charge is -2.03. The summed E-state index contributed by atoms with van der Waals surface area (Å²) < 4.78 is 0. The molecule has 0 amide bonds.